The average Bonchev–Trinajstić information content (AvgIpc) is 2.15. The topological polar surface area (TPSA) is 20.2 Å². The van der Waals surface area contributed by atoms with E-state index in [1.165, 1.54) is 11.3 Å². The second-order valence-corrected chi connectivity index (χ2v) is 3.16. The summed E-state index contributed by atoms with van der Waals surface area (Å²) in [6, 6.07) is 0. The summed E-state index contributed by atoms with van der Waals surface area (Å²) in [6.07, 6.45) is 0.787. The molecule has 0 saturated carbocycles. The van der Waals surface area contributed by atoms with Crippen LogP contribution in [0, 0.1) is 0 Å². The number of aromatic hydroxyl groups is 1. The maximum Gasteiger partial charge on any atom is 0.129 e. The van der Waals surface area contributed by atoms with Gasteiger partial charge in [-0.15, -0.1) is 11.3 Å². The lowest BCUT2D eigenvalue weighted by Gasteiger charge is -1.95. The van der Waals surface area contributed by atoms with Crippen LogP contribution in [0.15, 0.2) is 22.9 Å². The summed E-state index contributed by atoms with van der Waals surface area (Å²) in [5.74, 6) is 0.396. The largest absolute Gasteiger partial charge is 0.507 e. The van der Waals surface area contributed by atoms with Crippen molar-refractivity contribution < 1.29 is 5.11 Å². The molecule has 1 rings (SSSR count). The van der Waals surface area contributed by atoms with E-state index in [1.807, 2.05) is 12.3 Å². The molecule has 0 atom stereocenters. The van der Waals surface area contributed by atoms with Gasteiger partial charge in [0.05, 0.1) is 0 Å². The van der Waals surface area contributed by atoms with Gasteiger partial charge in [-0.1, -0.05) is 12.2 Å². The zero-order valence-electron chi connectivity index (χ0n) is 5.92. The lowest BCUT2D eigenvalue weighted by molar-refractivity contribution is 0.472. The van der Waals surface area contributed by atoms with Crippen LogP contribution < -0.4 is 0 Å². The fraction of sp³-hybridized carbons (Fsp3) is 0.250. The molecule has 10 heavy (non-hydrogen) atoms. The summed E-state index contributed by atoms with van der Waals surface area (Å²) in [6.45, 7) is 5.72. The average molecular weight is 154 g/mol. The fourth-order valence-corrected chi connectivity index (χ4v) is 1.49. The van der Waals surface area contributed by atoms with Crippen LogP contribution in [0.25, 0.3) is 0 Å². The molecule has 1 N–H and O–H groups in total. The summed E-state index contributed by atoms with van der Waals surface area (Å²) in [5.41, 5.74) is 2.06. The van der Waals surface area contributed by atoms with Crippen LogP contribution in [0.2, 0.25) is 0 Å². The molecule has 1 nitrogen and oxygen atoms in total. The van der Waals surface area contributed by atoms with Gasteiger partial charge in [-0.2, -0.15) is 0 Å². The second-order valence-electron chi connectivity index (χ2n) is 2.42. The first kappa shape index (κ1) is 7.35. The van der Waals surface area contributed by atoms with Gasteiger partial charge in [0.2, 0.25) is 0 Å². The van der Waals surface area contributed by atoms with Crippen LogP contribution in [0.4, 0.5) is 0 Å². The van der Waals surface area contributed by atoms with Crippen molar-refractivity contribution in [3.8, 4) is 5.75 Å². The first-order chi connectivity index (χ1) is 4.70. The van der Waals surface area contributed by atoms with Crippen LogP contribution in [0.5, 0.6) is 5.75 Å². The fourth-order valence-electron chi connectivity index (χ4n) is 0.774. The number of allylic oxidation sites excluding steroid dienone is 1. The Morgan fingerprint density at radius 2 is 2.40 bits per heavy atom. The van der Waals surface area contributed by atoms with Crippen molar-refractivity contribution in [2.75, 3.05) is 0 Å². The number of thiophene rings is 1. The Labute approximate surface area is 64.6 Å². The lowest BCUT2D eigenvalue weighted by Crippen LogP contribution is -1.80. The van der Waals surface area contributed by atoms with Crippen LogP contribution in [0.3, 0.4) is 0 Å². The van der Waals surface area contributed by atoms with Crippen LogP contribution in [-0.4, -0.2) is 5.11 Å². The van der Waals surface area contributed by atoms with Gasteiger partial charge in [0, 0.05) is 10.9 Å². The molecule has 0 radical (unpaired) electrons. The molecule has 0 saturated heterocycles. The molecule has 0 bridgehead atoms. The highest BCUT2D eigenvalue weighted by Crippen LogP contribution is 2.23. The standard InChI is InChI=1S/C8H10OS/c1-6(2)3-7-4-10-5-8(7)9/h4-5,9H,1,3H2,2H3. The highest BCUT2D eigenvalue weighted by atomic mass is 32.1. The van der Waals surface area contributed by atoms with E-state index in [2.05, 4.69) is 6.58 Å². The molecule has 0 amide bonds. The number of hydrogen-bond donors (Lipinski definition) is 1. The van der Waals surface area contributed by atoms with E-state index in [-0.39, 0.29) is 0 Å². The van der Waals surface area contributed by atoms with Gasteiger partial charge in [0.1, 0.15) is 5.75 Å². The summed E-state index contributed by atoms with van der Waals surface area (Å²) in [7, 11) is 0. The zero-order chi connectivity index (χ0) is 7.56. The Balaban J connectivity index is 2.74. The zero-order valence-corrected chi connectivity index (χ0v) is 6.74. The maximum atomic E-state index is 9.17. The normalized spacial score (nSPS) is 9.70. The summed E-state index contributed by atoms with van der Waals surface area (Å²) in [4.78, 5) is 0. The Morgan fingerprint density at radius 3 is 2.80 bits per heavy atom. The Bertz CT molecular complexity index is 237. The first-order valence-corrected chi connectivity index (χ1v) is 4.03. The monoisotopic (exact) mass is 154 g/mol. The van der Waals surface area contributed by atoms with Gasteiger partial charge in [-0.25, -0.2) is 0 Å². The van der Waals surface area contributed by atoms with Crippen molar-refractivity contribution >= 4 is 11.3 Å². The van der Waals surface area contributed by atoms with Gasteiger partial charge >= 0.3 is 0 Å². The van der Waals surface area contributed by atoms with Gasteiger partial charge in [-0.05, 0) is 18.7 Å². The summed E-state index contributed by atoms with van der Waals surface area (Å²) in [5, 5.41) is 12.9. The SMILES string of the molecule is C=C(C)Cc1cscc1O. The van der Waals surface area contributed by atoms with E-state index in [1.54, 1.807) is 5.38 Å². The molecule has 1 heterocycles. The van der Waals surface area contributed by atoms with Crippen molar-refractivity contribution in [1.29, 1.82) is 0 Å². The third kappa shape index (κ3) is 1.61. The van der Waals surface area contributed by atoms with E-state index in [0.29, 0.717) is 5.75 Å². The van der Waals surface area contributed by atoms with Crippen molar-refractivity contribution in [3.05, 3.63) is 28.5 Å². The molecule has 0 aliphatic carbocycles. The van der Waals surface area contributed by atoms with E-state index in [4.69, 9.17) is 5.11 Å². The van der Waals surface area contributed by atoms with Crippen LogP contribution in [-0.2, 0) is 6.42 Å². The molecule has 0 unspecified atom stereocenters. The highest BCUT2D eigenvalue weighted by Gasteiger charge is 2.00. The molecule has 0 fully saturated rings. The minimum Gasteiger partial charge on any atom is -0.507 e. The highest BCUT2D eigenvalue weighted by molar-refractivity contribution is 7.08. The Morgan fingerprint density at radius 1 is 1.70 bits per heavy atom. The summed E-state index contributed by atoms with van der Waals surface area (Å²) < 4.78 is 0. The van der Waals surface area contributed by atoms with E-state index >= 15 is 0 Å². The molecule has 0 spiro atoms. The van der Waals surface area contributed by atoms with Gasteiger partial charge < -0.3 is 5.11 Å². The molecular formula is C8H10OS. The predicted octanol–water partition coefficient (Wildman–Crippen LogP) is 2.57. The van der Waals surface area contributed by atoms with Gasteiger partial charge in [0.25, 0.3) is 0 Å². The van der Waals surface area contributed by atoms with Crippen molar-refractivity contribution in [2.45, 2.75) is 13.3 Å². The molecule has 0 aromatic carbocycles. The molecule has 2 heteroatoms. The van der Waals surface area contributed by atoms with Crippen molar-refractivity contribution in [2.24, 2.45) is 0 Å². The Hall–Kier alpha value is -0.760. The third-order valence-electron chi connectivity index (χ3n) is 1.21. The second kappa shape index (κ2) is 2.88. The molecule has 54 valence electrons. The molecular weight excluding hydrogens is 144 g/mol. The van der Waals surface area contributed by atoms with E-state index in [9.17, 15) is 0 Å². The lowest BCUT2D eigenvalue weighted by atomic mass is 10.1. The minimum atomic E-state index is 0.396. The summed E-state index contributed by atoms with van der Waals surface area (Å²) >= 11 is 1.52. The van der Waals surface area contributed by atoms with Crippen LogP contribution >= 0.6 is 11.3 Å². The number of rotatable bonds is 2. The molecule has 0 aliphatic heterocycles. The van der Waals surface area contributed by atoms with Crippen molar-refractivity contribution in [1.82, 2.24) is 0 Å². The van der Waals surface area contributed by atoms with Crippen LogP contribution in [0.1, 0.15) is 12.5 Å². The predicted molar refractivity (Wildman–Crippen MR) is 44.5 cm³/mol. The van der Waals surface area contributed by atoms with Gasteiger partial charge in [-0.3, -0.25) is 0 Å². The molecule has 1 aromatic heterocycles. The van der Waals surface area contributed by atoms with Gasteiger partial charge in [0.15, 0.2) is 0 Å². The van der Waals surface area contributed by atoms with Crippen molar-refractivity contribution in [3.63, 3.8) is 0 Å². The van der Waals surface area contributed by atoms with E-state index < -0.39 is 0 Å². The number of hydrogen-bond acceptors (Lipinski definition) is 2. The minimum absolute atomic E-state index is 0.396. The molecule has 0 aliphatic rings. The Kier molecular flexibility index (Phi) is 2.12. The smallest absolute Gasteiger partial charge is 0.129 e. The first-order valence-electron chi connectivity index (χ1n) is 3.08. The van der Waals surface area contributed by atoms with E-state index in [0.717, 1.165) is 17.6 Å². The maximum absolute atomic E-state index is 9.17. The third-order valence-corrected chi connectivity index (χ3v) is 1.99. The quantitative estimate of drug-likeness (QED) is 0.649. The molecule has 1 aromatic rings.